The molecule has 1 fully saturated rings. The molecule has 0 aromatic heterocycles. The van der Waals surface area contributed by atoms with E-state index in [0.717, 1.165) is 36.7 Å². The summed E-state index contributed by atoms with van der Waals surface area (Å²) >= 11 is 6.13. The first kappa shape index (κ1) is 17.5. The van der Waals surface area contributed by atoms with E-state index >= 15 is 0 Å². The van der Waals surface area contributed by atoms with Gasteiger partial charge in [0, 0.05) is 29.8 Å². The molecule has 1 rings (SSSR count). The predicted molar refractivity (Wildman–Crippen MR) is 88.5 cm³/mol. The van der Waals surface area contributed by atoms with Crippen LogP contribution in [0.5, 0.6) is 0 Å². The fourth-order valence-electron chi connectivity index (χ4n) is 2.30. The number of likely N-dealkylation sites (tertiary alicyclic amines) is 1. The number of nitrogens with zero attached hydrogens (tertiary/aromatic N) is 4. The minimum atomic E-state index is 0.00564. The molecule has 0 bridgehead atoms. The number of thioether (sulfide) groups is 1. The zero-order valence-corrected chi connectivity index (χ0v) is 14.0. The van der Waals surface area contributed by atoms with Crippen molar-refractivity contribution < 1.29 is 0 Å². The molecule has 0 aromatic rings. The quantitative estimate of drug-likeness (QED) is 0.479. The molecule has 1 saturated heterocycles. The molecule has 1 atom stereocenters. The summed E-state index contributed by atoms with van der Waals surface area (Å²) in [6.45, 7) is 5.35. The first-order chi connectivity index (χ1) is 10.1. The molecule has 0 amide bonds. The average Bonchev–Trinajstić information content (AvgIpc) is 2.96. The molecule has 110 valence electrons. The fraction of sp³-hybridized carbons (Fsp3) is 0.533. The standard InChI is InChI=1S/C15H18N4S2/c1-11(13(7-16)8-17)15(9-18)12(2)19-4-3-14(10-19)21-6-5-20/h14,20H,3-6,10H2,1-2H3/b15-12+. The van der Waals surface area contributed by atoms with E-state index < -0.39 is 0 Å². The van der Waals surface area contributed by atoms with Gasteiger partial charge in [0.2, 0.25) is 0 Å². The highest BCUT2D eigenvalue weighted by atomic mass is 32.2. The SMILES string of the molecule is CC(=C(C#N)C#N)/C(C#N)=C(\C)N1CCC(SCCS)C1. The van der Waals surface area contributed by atoms with Crippen molar-refractivity contribution in [3.63, 3.8) is 0 Å². The van der Waals surface area contributed by atoms with Crippen LogP contribution in [0.4, 0.5) is 0 Å². The van der Waals surface area contributed by atoms with E-state index in [-0.39, 0.29) is 5.57 Å². The summed E-state index contributed by atoms with van der Waals surface area (Å²) < 4.78 is 0. The van der Waals surface area contributed by atoms with Crippen LogP contribution in [0.2, 0.25) is 0 Å². The van der Waals surface area contributed by atoms with E-state index in [2.05, 4.69) is 23.6 Å². The van der Waals surface area contributed by atoms with Crippen molar-refractivity contribution in [2.24, 2.45) is 0 Å². The molecule has 1 aliphatic rings. The van der Waals surface area contributed by atoms with Crippen LogP contribution >= 0.6 is 24.4 Å². The largest absolute Gasteiger partial charge is 0.373 e. The Labute approximate surface area is 136 Å². The minimum Gasteiger partial charge on any atom is -0.373 e. The monoisotopic (exact) mass is 318 g/mol. The van der Waals surface area contributed by atoms with Crippen molar-refractivity contribution >= 4 is 24.4 Å². The third-order valence-electron chi connectivity index (χ3n) is 3.51. The molecule has 1 heterocycles. The highest BCUT2D eigenvalue weighted by molar-refractivity contribution is 8.00. The van der Waals surface area contributed by atoms with Crippen molar-refractivity contribution in [1.29, 1.82) is 15.8 Å². The van der Waals surface area contributed by atoms with Crippen LogP contribution in [0.1, 0.15) is 20.3 Å². The maximum Gasteiger partial charge on any atom is 0.133 e. The molecule has 0 saturated carbocycles. The van der Waals surface area contributed by atoms with Crippen molar-refractivity contribution in [2.45, 2.75) is 25.5 Å². The van der Waals surface area contributed by atoms with Crippen LogP contribution in [0, 0.1) is 34.0 Å². The maximum atomic E-state index is 9.37. The molecule has 1 aliphatic heterocycles. The minimum absolute atomic E-state index is 0.00564. The Hall–Kier alpha value is -1.55. The third-order valence-corrected chi connectivity index (χ3v) is 5.33. The summed E-state index contributed by atoms with van der Waals surface area (Å²) in [4.78, 5) is 2.17. The first-order valence-corrected chi connectivity index (χ1v) is 8.37. The van der Waals surface area contributed by atoms with Crippen LogP contribution in [-0.2, 0) is 0 Å². The predicted octanol–water partition coefficient (Wildman–Crippen LogP) is 2.88. The first-order valence-electron chi connectivity index (χ1n) is 6.68. The van der Waals surface area contributed by atoms with Gasteiger partial charge in [-0.3, -0.25) is 0 Å². The van der Waals surface area contributed by atoms with E-state index in [4.69, 9.17) is 10.5 Å². The molecule has 0 N–H and O–H groups in total. The number of nitriles is 3. The molecular weight excluding hydrogens is 300 g/mol. The lowest BCUT2D eigenvalue weighted by molar-refractivity contribution is 0.426. The van der Waals surface area contributed by atoms with Crippen molar-refractivity contribution in [3.8, 4) is 18.2 Å². The number of allylic oxidation sites excluding steroid dienone is 4. The van der Waals surface area contributed by atoms with Crippen molar-refractivity contribution in [1.82, 2.24) is 4.90 Å². The highest BCUT2D eigenvalue weighted by Gasteiger charge is 2.24. The van der Waals surface area contributed by atoms with Gasteiger partial charge in [-0.15, -0.1) is 0 Å². The van der Waals surface area contributed by atoms with Gasteiger partial charge in [-0.25, -0.2) is 0 Å². The number of hydrogen-bond donors (Lipinski definition) is 1. The van der Waals surface area contributed by atoms with Gasteiger partial charge in [0.1, 0.15) is 23.8 Å². The van der Waals surface area contributed by atoms with Gasteiger partial charge in [0.25, 0.3) is 0 Å². The molecule has 4 nitrogen and oxygen atoms in total. The van der Waals surface area contributed by atoms with E-state index in [9.17, 15) is 5.26 Å². The van der Waals surface area contributed by atoms with E-state index in [0.29, 0.717) is 16.4 Å². The second-order valence-corrected chi connectivity index (χ2v) is 6.60. The fourth-order valence-corrected chi connectivity index (χ4v) is 3.61. The van der Waals surface area contributed by atoms with E-state index in [1.54, 1.807) is 6.92 Å². The van der Waals surface area contributed by atoms with Gasteiger partial charge in [-0.1, -0.05) is 0 Å². The Morgan fingerprint density at radius 1 is 1.24 bits per heavy atom. The van der Waals surface area contributed by atoms with Gasteiger partial charge >= 0.3 is 0 Å². The average molecular weight is 318 g/mol. The van der Waals surface area contributed by atoms with Crippen molar-refractivity contribution in [3.05, 3.63) is 22.4 Å². The molecule has 0 aliphatic carbocycles. The molecule has 0 aromatic carbocycles. The Morgan fingerprint density at radius 2 is 1.90 bits per heavy atom. The summed E-state index contributed by atoms with van der Waals surface area (Å²) in [5.74, 6) is 1.90. The van der Waals surface area contributed by atoms with Crippen LogP contribution in [-0.4, -0.2) is 34.7 Å². The zero-order valence-electron chi connectivity index (χ0n) is 12.3. The van der Waals surface area contributed by atoms with E-state index in [1.165, 1.54) is 0 Å². The normalized spacial score (nSPS) is 18.3. The molecule has 0 radical (unpaired) electrons. The molecule has 21 heavy (non-hydrogen) atoms. The lowest BCUT2D eigenvalue weighted by Crippen LogP contribution is -2.21. The second kappa shape index (κ2) is 8.67. The third kappa shape index (κ3) is 4.46. The highest BCUT2D eigenvalue weighted by Crippen LogP contribution is 2.28. The van der Waals surface area contributed by atoms with Crippen molar-refractivity contribution in [2.75, 3.05) is 24.6 Å². The van der Waals surface area contributed by atoms with Crippen LogP contribution < -0.4 is 0 Å². The topological polar surface area (TPSA) is 74.6 Å². The maximum absolute atomic E-state index is 9.37. The summed E-state index contributed by atoms with van der Waals surface area (Å²) in [6, 6.07) is 5.85. The molecule has 1 unspecified atom stereocenters. The summed E-state index contributed by atoms with van der Waals surface area (Å²) in [5.41, 5.74) is 1.76. The Bertz CT molecular complexity index is 556. The zero-order chi connectivity index (χ0) is 15.8. The molecule has 6 heteroatoms. The van der Waals surface area contributed by atoms with Gasteiger partial charge in [0.15, 0.2) is 0 Å². The Balaban J connectivity index is 2.97. The smallest absolute Gasteiger partial charge is 0.133 e. The number of thiol groups is 1. The number of hydrogen-bond acceptors (Lipinski definition) is 6. The van der Waals surface area contributed by atoms with E-state index in [1.807, 2.05) is 30.8 Å². The van der Waals surface area contributed by atoms with Gasteiger partial charge < -0.3 is 4.90 Å². The van der Waals surface area contributed by atoms with Gasteiger partial charge in [-0.2, -0.15) is 40.2 Å². The lowest BCUT2D eigenvalue weighted by atomic mass is 10.0. The molecule has 0 spiro atoms. The summed E-state index contributed by atoms with van der Waals surface area (Å²) in [6.07, 6.45) is 1.08. The summed E-state index contributed by atoms with van der Waals surface area (Å²) in [5, 5.41) is 27.8. The summed E-state index contributed by atoms with van der Waals surface area (Å²) in [7, 11) is 0. The lowest BCUT2D eigenvalue weighted by Gasteiger charge is -2.21. The second-order valence-electron chi connectivity index (χ2n) is 4.75. The van der Waals surface area contributed by atoms with Gasteiger partial charge in [-0.05, 0) is 31.6 Å². The van der Waals surface area contributed by atoms with Crippen LogP contribution in [0.3, 0.4) is 0 Å². The Kier molecular flexibility index (Phi) is 7.23. The Morgan fingerprint density at radius 3 is 2.43 bits per heavy atom. The molecular formula is C15H18N4S2. The number of rotatable bonds is 5. The van der Waals surface area contributed by atoms with Crippen LogP contribution in [0.15, 0.2) is 22.4 Å². The van der Waals surface area contributed by atoms with Gasteiger partial charge in [0.05, 0.1) is 5.57 Å². The van der Waals surface area contributed by atoms with Crippen LogP contribution in [0.25, 0.3) is 0 Å².